The van der Waals surface area contributed by atoms with Crippen LogP contribution in [0.4, 0.5) is 0 Å². The molecule has 0 spiro atoms. The second kappa shape index (κ2) is 5.45. The maximum atomic E-state index is 5.45. The summed E-state index contributed by atoms with van der Waals surface area (Å²) in [5.74, 6) is 6.72. The SMILES string of the molecule is CCCC#Cc1nccn1/C=C\Cl. The largest absolute Gasteiger partial charge is 0.299 e. The van der Waals surface area contributed by atoms with Gasteiger partial charge in [0.25, 0.3) is 0 Å². The molecule has 13 heavy (non-hydrogen) atoms. The molecular formula is C10H11ClN2. The van der Waals surface area contributed by atoms with E-state index in [9.17, 15) is 0 Å². The molecule has 0 aromatic carbocycles. The van der Waals surface area contributed by atoms with Crippen molar-refractivity contribution in [3.8, 4) is 11.8 Å². The van der Waals surface area contributed by atoms with E-state index < -0.39 is 0 Å². The van der Waals surface area contributed by atoms with Gasteiger partial charge in [0.05, 0.1) is 0 Å². The van der Waals surface area contributed by atoms with Crippen LogP contribution >= 0.6 is 11.6 Å². The van der Waals surface area contributed by atoms with E-state index in [0.717, 1.165) is 18.7 Å². The van der Waals surface area contributed by atoms with Crippen LogP contribution in [0, 0.1) is 11.8 Å². The van der Waals surface area contributed by atoms with Crippen LogP contribution in [0.1, 0.15) is 25.6 Å². The molecule has 0 atom stereocenters. The molecule has 2 nitrogen and oxygen atoms in total. The van der Waals surface area contributed by atoms with Gasteiger partial charge in [-0.2, -0.15) is 0 Å². The molecule has 0 amide bonds. The average molecular weight is 195 g/mol. The summed E-state index contributed by atoms with van der Waals surface area (Å²) >= 11 is 5.45. The van der Waals surface area contributed by atoms with Gasteiger partial charge in [0.2, 0.25) is 0 Å². The molecule has 0 aliphatic carbocycles. The van der Waals surface area contributed by atoms with Crippen LogP contribution in [0.2, 0.25) is 0 Å². The number of unbranched alkanes of at least 4 members (excludes halogenated alkanes) is 1. The summed E-state index contributed by atoms with van der Waals surface area (Å²) in [4.78, 5) is 4.09. The zero-order valence-electron chi connectivity index (χ0n) is 7.50. The molecule has 0 saturated heterocycles. The predicted molar refractivity (Wildman–Crippen MR) is 55.2 cm³/mol. The van der Waals surface area contributed by atoms with E-state index in [1.807, 2.05) is 6.20 Å². The first kappa shape index (κ1) is 9.88. The van der Waals surface area contributed by atoms with Crippen molar-refractivity contribution in [2.75, 3.05) is 0 Å². The Labute approximate surface area is 83.2 Å². The maximum absolute atomic E-state index is 5.45. The highest BCUT2D eigenvalue weighted by Crippen LogP contribution is 1.97. The number of imidazole rings is 1. The number of aromatic nitrogens is 2. The Bertz CT molecular complexity index is 341. The van der Waals surface area contributed by atoms with Crippen LogP contribution < -0.4 is 0 Å². The lowest BCUT2D eigenvalue weighted by molar-refractivity contribution is 0.981. The molecule has 0 N–H and O–H groups in total. The summed E-state index contributed by atoms with van der Waals surface area (Å²) in [6, 6.07) is 0. The van der Waals surface area contributed by atoms with Gasteiger partial charge in [-0.15, -0.1) is 0 Å². The minimum atomic E-state index is 0.727. The van der Waals surface area contributed by atoms with E-state index in [0.29, 0.717) is 0 Å². The minimum absolute atomic E-state index is 0.727. The third-order valence-corrected chi connectivity index (χ3v) is 1.57. The minimum Gasteiger partial charge on any atom is -0.299 e. The van der Waals surface area contributed by atoms with Crippen LogP contribution in [-0.4, -0.2) is 9.55 Å². The van der Waals surface area contributed by atoms with Crippen molar-refractivity contribution in [3.63, 3.8) is 0 Å². The van der Waals surface area contributed by atoms with Crippen LogP contribution in [0.3, 0.4) is 0 Å². The number of hydrogen-bond acceptors (Lipinski definition) is 1. The fourth-order valence-electron chi connectivity index (χ4n) is 0.857. The van der Waals surface area contributed by atoms with E-state index in [1.165, 1.54) is 5.54 Å². The number of halogens is 1. The third-order valence-electron chi connectivity index (χ3n) is 1.46. The fraction of sp³-hybridized carbons (Fsp3) is 0.300. The van der Waals surface area contributed by atoms with Gasteiger partial charge >= 0.3 is 0 Å². The smallest absolute Gasteiger partial charge is 0.189 e. The van der Waals surface area contributed by atoms with Gasteiger partial charge in [0.15, 0.2) is 5.82 Å². The first-order valence-electron chi connectivity index (χ1n) is 4.17. The highest BCUT2D eigenvalue weighted by molar-refractivity contribution is 6.26. The van der Waals surface area contributed by atoms with Crippen LogP contribution in [0.5, 0.6) is 0 Å². The monoisotopic (exact) mass is 194 g/mol. The molecule has 0 aliphatic heterocycles. The molecule has 1 heterocycles. The molecule has 1 aromatic heterocycles. The molecule has 0 saturated carbocycles. The maximum Gasteiger partial charge on any atom is 0.189 e. The summed E-state index contributed by atoms with van der Waals surface area (Å²) in [6.45, 7) is 2.10. The first-order valence-corrected chi connectivity index (χ1v) is 4.60. The zero-order valence-corrected chi connectivity index (χ0v) is 8.25. The number of rotatable bonds is 2. The fourth-order valence-corrected chi connectivity index (χ4v) is 0.979. The summed E-state index contributed by atoms with van der Waals surface area (Å²) in [6.07, 6.45) is 7.20. The first-order chi connectivity index (χ1) is 6.38. The van der Waals surface area contributed by atoms with Gasteiger partial charge in [-0.05, 0) is 12.3 Å². The summed E-state index contributed by atoms with van der Waals surface area (Å²) in [7, 11) is 0. The second-order valence-electron chi connectivity index (χ2n) is 2.48. The van der Waals surface area contributed by atoms with E-state index in [-0.39, 0.29) is 0 Å². The van der Waals surface area contributed by atoms with Crippen LogP contribution in [0.15, 0.2) is 17.9 Å². The Hall–Kier alpha value is -1.20. The summed E-state index contributed by atoms with van der Waals surface area (Å²) in [5, 5.41) is 0. The van der Waals surface area contributed by atoms with Crippen molar-refractivity contribution in [1.29, 1.82) is 0 Å². The summed E-state index contributed by atoms with van der Waals surface area (Å²) in [5.41, 5.74) is 1.44. The number of nitrogens with zero attached hydrogens (tertiary/aromatic N) is 2. The highest BCUT2D eigenvalue weighted by atomic mass is 35.5. The molecule has 0 bridgehead atoms. The molecule has 68 valence electrons. The van der Waals surface area contributed by atoms with Gasteiger partial charge in [-0.1, -0.05) is 24.4 Å². The molecular weight excluding hydrogens is 184 g/mol. The van der Waals surface area contributed by atoms with Gasteiger partial charge in [-0.25, -0.2) is 4.98 Å². The van der Waals surface area contributed by atoms with Gasteiger partial charge in [-0.3, -0.25) is 4.57 Å². The second-order valence-corrected chi connectivity index (χ2v) is 2.74. The molecule has 0 radical (unpaired) electrons. The van der Waals surface area contributed by atoms with Crippen molar-refractivity contribution < 1.29 is 0 Å². The lowest BCUT2D eigenvalue weighted by Crippen LogP contribution is -1.88. The van der Waals surface area contributed by atoms with Crippen molar-refractivity contribution in [3.05, 3.63) is 23.8 Å². The lowest BCUT2D eigenvalue weighted by Gasteiger charge is -1.91. The Morgan fingerprint density at radius 2 is 2.54 bits per heavy atom. The van der Waals surface area contributed by atoms with Crippen LogP contribution in [0.25, 0.3) is 6.20 Å². The summed E-state index contributed by atoms with van der Waals surface area (Å²) < 4.78 is 1.79. The molecule has 0 fully saturated rings. The quantitative estimate of drug-likeness (QED) is 0.662. The van der Waals surface area contributed by atoms with Crippen molar-refractivity contribution in [2.45, 2.75) is 19.8 Å². The van der Waals surface area contributed by atoms with Crippen LogP contribution in [-0.2, 0) is 0 Å². The molecule has 0 unspecified atom stereocenters. The number of hydrogen-bond donors (Lipinski definition) is 0. The molecule has 1 aromatic rings. The van der Waals surface area contributed by atoms with E-state index >= 15 is 0 Å². The van der Waals surface area contributed by atoms with E-state index in [2.05, 4.69) is 23.7 Å². The van der Waals surface area contributed by atoms with Gasteiger partial charge in [0.1, 0.15) is 0 Å². The Morgan fingerprint density at radius 3 is 3.23 bits per heavy atom. The van der Waals surface area contributed by atoms with E-state index in [1.54, 1.807) is 17.0 Å². The Balaban J connectivity index is 2.77. The highest BCUT2D eigenvalue weighted by Gasteiger charge is 1.92. The van der Waals surface area contributed by atoms with Gasteiger partial charge < -0.3 is 0 Å². The van der Waals surface area contributed by atoms with Crippen molar-refractivity contribution in [2.24, 2.45) is 0 Å². The van der Waals surface area contributed by atoms with Crippen molar-refractivity contribution in [1.82, 2.24) is 9.55 Å². The zero-order chi connectivity index (χ0) is 9.52. The topological polar surface area (TPSA) is 17.8 Å². The predicted octanol–water partition coefficient (Wildman–Crippen LogP) is 2.70. The normalized spacial score (nSPS) is 10.0. The Kier molecular flexibility index (Phi) is 4.14. The third kappa shape index (κ3) is 2.96. The molecule has 1 rings (SSSR count). The molecule has 3 heteroatoms. The van der Waals surface area contributed by atoms with E-state index in [4.69, 9.17) is 11.6 Å². The Morgan fingerprint density at radius 1 is 1.69 bits per heavy atom. The van der Waals surface area contributed by atoms with Gasteiger partial charge in [0, 0.05) is 30.5 Å². The van der Waals surface area contributed by atoms with Crippen molar-refractivity contribution >= 4 is 17.8 Å². The lowest BCUT2D eigenvalue weighted by atomic mass is 10.3. The standard InChI is InChI=1S/C10H11ClN2/c1-2-3-4-5-10-12-7-9-13(10)8-6-11/h6-9H,2-3H2,1H3/b8-6-. The average Bonchev–Trinajstić information content (AvgIpc) is 2.54. The molecule has 0 aliphatic rings.